The van der Waals surface area contributed by atoms with E-state index in [-0.39, 0.29) is 5.82 Å². The predicted molar refractivity (Wildman–Crippen MR) is 60.7 cm³/mol. The maximum atomic E-state index is 13.5. The van der Waals surface area contributed by atoms with Crippen LogP contribution < -0.4 is 0 Å². The van der Waals surface area contributed by atoms with E-state index in [4.69, 9.17) is 23.2 Å². The van der Waals surface area contributed by atoms with Crippen molar-refractivity contribution in [2.24, 2.45) is 0 Å². The van der Waals surface area contributed by atoms with Crippen LogP contribution in [0.2, 0.25) is 10.0 Å². The Bertz CT molecular complexity index is 495. The van der Waals surface area contributed by atoms with Gasteiger partial charge in [0.25, 0.3) is 0 Å². The molecule has 2 aromatic carbocycles. The summed E-state index contributed by atoms with van der Waals surface area (Å²) in [5.74, 6) is -0.357. The van der Waals surface area contributed by atoms with Crippen molar-refractivity contribution in [3.05, 3.63) is 58.3 Å². The third-order valence-corrected chi connectivity index (χ3v) is 2.46. The molecule has 0 saturated heterocycles. The molecule has 0 heterocycles. The average Bonchev–Trinajstić information content (AvgIpc) is 2.17. The van der Waals surface area contributed by atoms with Gasteiger partial charge in [0, 0.05) is 21.7 Å². The van der Waals surface area contributed by atoms with Crippen molar-refractivity contribution < 1.29 is 4.39 Å². The normalized spacial score (nSPS) is 10.3. The Balaban J connectivity index is 2.54. The highest BCUT2D eigenvalue weighted by Crippen LogP contribution is 2.26. The number of hydrogen-bond acceptors (Lipinski definition) is 0. The van der Waals surface area contributed by atoms with E-state index in [1.165, 1.54) is 6.07 Å². The Kier molecular flexibility index (Phi) is 2.94. The van der Waals surface area contributed by atoms with Crippen molar-refractivity contribution in [1.82, 2.24) is 0 Å². The minimum atomic E-state index is -0.357. The molecule has 0 aliphatic heterocycles. The lowest BCUT2D eigenvalue weighted by Gasteiger charge is -2.03. The molecule has 0 fully saturated rings. The molecule has 0 bridgehead atoms. The summed E-state index contributed by atoms with van der Waals surface area (Å²) in [4.78, 5) is 0. The van der Waals surface area contributed by atoms with Crippen molar-refractivity contribution in [3.63, 3.8) is 0 Å². The summed E-state index contributed by atoms with van der Waals surface area (Å²) >= 11 is 11.4. The van der Waals surface area contributed by atoms with Crippen molar-refractivity contribution in [2.45, 2.75) is 0 Å². The molecule has 2 aromatic rings. The summed E-state index contributed by atoms with van der Waals surface area (Å²) in [7, 11) is 0. The van der Waals surface area contributed by atoms with Crippen LogP contribution in [0, 0.1) is 11.9 Å². The Hall–Kier alpha value is -1.05. The standard InChI is InChI=1S/C12H6Cl2F/c13-9-3-1-2-8(6-9)11-5-4-10(14)7-12(11)15/h1-2,4-7H. The molecule has 1 radical (unpaired) electrons. The van der Waals surface area contributed by atoms with Gasteiger partial charge in [-0.05, 0) is 29.8 Å². The maximum Gasteiger partial charge on any atom is 0.132 e. The molecule has 0 saturated carbocycles. The van der Waals surface area contributed by atoms with Crippen LogP contribution in [-0.4, -0.2) is 0 Å². The average molecular weight is 240 g/mol. The SMILES string of the molecule is Fc1cc(Cl)ccc1-c1cc[c]c(Cl)c1. The van der Waals surface area contributed by atoms with Gasteiger partial charge in [0.05, 0.1) is 0 Å². The quantitative estimate of drug-likeness (QED) is 0.683. The van der Waals surface area contributed by atoms with E-state index in [0.717, 1.165) is 0 Å². The molecule has 0 aliphatic carbocycles. The molecule has 0 spiro atoms. The van der Waals surface area contributed by atoms with Crippen LogP contribution in [0.3, 0.4) is 0 Å². The first-order valence-corrected chi connectivity index (χ1v) is 5.05. The smallest absolute Gasteiger partial charge is 0.132 e. The van der Waals surface area contributed by atoms with Gasteiger partial charge in [-0.2, -0.15) is 0 Å². The molecule has 0 atom stereocenters. The van der Waals surface area contributed by atoms with Crippen LogP contribution in [0.5, 0.6) is 0 Å². The number of rotatable bonds is 1. The molecule has 0 aliphatic rings. The Morgan fingerprint density at radius 2 is 1.87 bits per heavy atom. The van der Waals surface area contributed by atoms with Crippen LogP contribution in [0.4, 0.5) is 4.39 Å². The number of hydrogen-bond donors (Lipinski definition) is 0. The van der Waals surface area contributed by atoms with E-state index < -0.39 is 0 Å². The van der Waals surface area contributed by atoms with E-state index >= 15 is 0 Å². The lowest BCUT2D eigenvalue weighted by atomic mass is 10.1. The molecule has 15 heavy (non-hydrogen) atoms. The maximum absolute atomic E-state index is 13.5. The number of benzene rings is 2. The fourth-order valence-corrected chi connectivity index (χ4v) is 1.67. The first-order valence-electron chi connectivity index (χ1n) is 4.29. The van der Waals surface area contributed by atoms with Gasteiger partial charge in [-0.3, -0.25) is 0 Å². The first kappa shape index (κ1) is 10.5. The summed E-state index contributed by atoms with van der Waals surface area (Å²) in [6.07, 6.45) is 0. The molecule has 0 N–H and O–H groups in total. The van der Waals surface area contributed by atoms with Crippen molar-refractivity contribution >= 4 is 23.2 Å². The highest BCUT2D eigenvalue weighted by molar-refractivity contribution is 6.31. The summed E-state index contributed by atoms with van der Waals surface area (Å²) in [5.41, 5.74) is 1.20. The molecule has 2 rings (SSSR count). The lowest BCUT2D eigenvalue weighted by Crippen LogP contribution is -1.83. The minimum Gasteiger partial charge on any atom is -0.206 e. The van der Waals surface area contributed by atoms with Gasteiger partial charge in [-0.25, -0.2) is 4.39 Å². The fraction of sp³-hybridized carbons (Fsp3) is 0. The van der Waals surface area contributed by atoms with Crippen molar-refractivity contribution in [2.75, 3.05) is 0 Å². The van der Waals surface area contributed by atoms with Crippen LogP contribution in [0.25, 0.3) is 11.1 Å². The summed E-state index contributed by atoms with van der Waals surface area (Å²) in [6.45, 7) is 0. The van der Waals surface area contributed by atoms with E-state index in [1.54, 1.807) is 30.3 Å². The zero-order chi connectivity index (χ0) is 10.8. The summed E-state index contributed by atoms with van der Waals surface area (Å²) < 4.78 is 13.5. The molecule has 0 aromatic heterocycles. The van der Waals surface area contributed by atoms with Gasteiger partial charge >= 0.3 is 0 Å². The second-order valence-corrected chi connectivity index (χ2v) is 3.89. The van der Waals surface area contributed by atoms with E-state index in [9.17, 15) is 4.39 Å². The third kappa shape index (κ3) is 2.31. The second kappa shape index (κ2) is 4.21. The third-order valence-electron chi connectivity index (χ3n) is 2.01. The number of halogens is 3. The van der Waals surface area contributed by atoms with Crippen LogP contribution in [0.1, 0.15) is 0 Å². The van der Waals surface area contributed by atoms with E-state index in [2.05, 4.69) is 6.07 Å². The van der Waals surface area contributed by atoms with E-state index in [0.29, 0.717) is 21.2 Å². The van der Waals surface area contributed by atoms with Crippen LogP contribution in [-0.2, 0) is 0 Å². The molecule has 3 heteroatoms. The van der Waals surface area contributed by atoms with E-state index in [1.807, 2.05) is 0 Å². The zero-order valence-electron chi connectivity index (χ0n) is 7.60. The van der Waals surface area contributed by atoms with Gasteiger partial charge in [0.15, 0.2) is 0 Å². The largest absolute Gasteiger partial charge is 0.206 e. The molecule has 0 unspecified atom stereocenters. The highest BCUT2D eigenvalue weighted by atomic mass is 35.5. The van der Waals surface area contributed by atoms with Gasteiger partial charge in [-0.15, -0.1) is 0 Å². The summed E-state index contributed by atoms with van der Waals surface area (Å²) in [5, 5.41) is 0.840. The Morgan fingerprint density at radius 3 is 2.53 bits per heavy atom. The molecular formula is C12H6Cl2F. The monoisotopic (exact) mass is 239 g/mol. The Labute approximate surface area is 97.3 Å². The molecular weight excluding hydrogens is 234 g/mol. The molecule has 0 amide bonds. The first-order chi connectivity index (χ1) is 7.16. The minimum absolute atomic E-state index is 0.357. The topological polar surface area (TPSA) is 0 Å². The zero-order valence-corrected chi connectivity index (χ0v) is 9.11. The van der Waals surface area contributed by atoms with Gasteiger partial charge in [0.2, 0.25) is 0 Å². The fourth-order valence-electron chi connectivity index (χ4n) is 1.33. The summed E-state index contributed by atoms with van der Waals surface area (Å²) in [6, 6.07) is 12.4. The van der Waals surface area contributed by atoms with Crippen LogP contribution in [0.15, 0.2) is 36.4 Å². The molecule has 75 valence electrons. The van der Waals surface area contributed by atoms with Crippen LogP contribution >= 0.6 is 23.2 Å². The second-order valence-electron chi connectivity index (χ2n) is 3.05. The van der Waals surface area contributed by atoms with Gasteiger partial charge in [0.1, 0.15) is 5.82 Å². The highest BCUT2D eigenvalue weighted by Gasteiger charge is 2.05. The van der Waals surface area contributed by atoms with Gasteiger partial charge < -0.3 is 0 Å². The lowest BCUT2D eigenvalue weighted by molar-refractivity contribution is 0.631. The van der Waals surface area contributed by atoms with Gasteiger partial charge in [-0.1, -0.05) is 35.3 Å². The predicted octanol–water partition coefficient (Wildman–Crippen LogP) is 4.60. The van der Waals surface area contributed by atoms with Crippen molar-refractivity contribution in [3.8, 4) is 11.1 Å². The van der Waals surface area contributed by atoms with Crippen molar-refractivity contribution in [1.29, 1.82) is 0 Å². The Morgan fingerprint density at radius 1 is 1.07 bits per heavy atom. The molecule has 0 nitrogen and oxygen atoms in total.